The molecule has 6 heteroatoms. The standard InChI is InChI=1S/C16H24N2O3S/c1-16(2,3)21-15(20)17-9-13-4-6-18(10-13)14(19)8-12-5-7-22-11-12/h5,7,11,13H,4,6,8-10H2,1-3H3,(H,17,20)/t13-/m1/s1. The van der Waals surface area contributed by atoms with Crippen LogP contribution in [0.5, 0.6) is 0 Å². The van der Waals surface area contributed by atoms with Gasteiger partial charge in [0, 0.05) is 19.6 Å². The Morgan fingerprint density at radius 1 is 1.45 bits per heavy atom. The molecule has 1 aromatic heterocycles. The van der Waals surface area contributed by atoms with E-state index in [9.17, 15) is 9.59 Å². The Morgan fingerprint density at radius 3 is 2.86 bits per heavy atom. The number of thiophene rings is 1. The molecule has 2 amide bonds. The van der Waals surface area contributed by atoms with Gasteiger partial charge in [-0.3, -0.25) is 4.79 Å². The average Bonchev–Trinajstić information content (AvgIpc) is 3.05. The first-order chi connectivity index (χ1) is 10.3. The zero-order valence-electron chi connectivity index (χ0n) is 13.4. The van der Waals surface area contributed by atoms with Gasteiger partial charge in [-0.2, -0.15) is 11.3 Å². The molecule has 1 N–H and O–H groups in total. The van der Waals surface area contributed by atoms with Crippen molar-refractivity contribution in [1.29, 1.82) is 0 Å². The highest BCUT2D eigenvalue weighted by Gasteiger charge is 2.27. The fourth-order valence-corrected chi connectivity index (χ4v) is 3.12. The van der Waals surface area contributed by atoms with Crippen LogP contribution in [0.4, 0.5) is 4.79 Å². The predicted octanol–water partition coefficient (Wildman–Crippen LogP) is 2.66. The molecule has 2 heterocycles. The van der Waals surface area contributed by atoms with Crippen molar-refractivity contribution in [1.82, 2.24) is 10.2 Å². The Hall–Kier alpha value is -1.56. The van der Waals surface area contributed by atoms with Gasteiger partial charge in [0.2, 0.25) is 5.91 Å². The van der Waals surface area contributed by atoms with E-state index in [0.29, 0.717) is 25.4 Å². The average molecular weight is 324 g/mol. The molecule has 1 aliphatic rings. The molecule has 1 aromatic rings. The molecule has 0 unspecified atom stereocenters. The predicted molar refractivity (Wildman–Crippen MR) is 86.9 cm³/mol. The third-order valence-corrected chi connectivity index (χ3v) is 4.24. The van der Waals surface area contributed by atoms with E-state index < -0.39 is 11.7 Å². The Bertz CT molecular complexity index is 508. The van der Waals surface area contributed by atoms with Crippen molar-refractivity contribution in [3.8, 4) is 0 Å². The maximum atomic E-state index is 12.2. The van der Waals surface area contributed by atoms with Gasteiger partial charge in [-0.05, 0) is 55.5 Å². The van der Waals surface area contributed by atoms with E-state index in [2.05, 4.69) is 5.32 Å². The van der Waals surface area contributed by atoms with E-state index in [1.165, 1.54) is 0 Å². The molecule has 22 heavy (non-hydrogen) atoms. The smallest absolute Gasteiger partial charge is 0.407 e. The van der Waals surface area contributed by atoms with Crippen LogP contribution < -0.4 is 5.32 Å². The maximum Gasteiger partial charge on any atom is 0.407 e. The van der Waals surface area contributed by atoms with Gasteiger partial charge in [0.15, 0.2) is 0 Å². The monoisotopic (exact) mass is 324 g/mol. The minimum absolute atomic E-state index is 0.165. The number of likely N-dealkylation sites (tertiary alicyclic amines) is 1. The number of hydrogen-bond donors (Lipinski definition) is 1. The van der Waals surface area contributed by atoms with Gasteiger partial charge in [0.05, 0.1) is 6.42 Å². The first-order valence-electron chi connectivity index (χ1n) is 7.59. The fraction of sp³-hybridized carbons (Fsp3) is 0.625. The van der Waals surface area contributed by atoms with E-state index in [1.54, 1.807) is 11.3 Å². The van der Waals surface area contributed by atoms with Crippen molar-refractivity contribution in [2.24, 2.45) is 5.92 Å². The highest BCUT2D eigenvalue weighted by atomic mass is 32.1. The van der Waals surface area contributed by atoms with Crippen molar-refractivity contribution >= 4 is 23.3 Å². The lowest BCUT2D eigenvalue weighted by molar-refractivity contribution is -0.129. The van der Waals surface area contributed by atoms with Gasteiger partial charge < -0.3 is 15.0 Å². The topological polar surface area (TPSA) is 58.6 Å². The molecule has 2 rings (SSSR count). The lowest BCUT2D eigenvalue weighted by Crippen LogP contribution is -2.36. The lowest BCUT2D eigenvalue weighted by Gasteiger charge is -2.21. The Kier molecular flexibility index (Phi) is 5.45. The third-order valence-electron chi connectivity index (χ3n) is 3.51. The van der Waals surface area contributed by atoms with Gasteiger partial charge >= 0.3 is 6.09 Å². The van der Waals surface area contributed by atoms with Crippen molar-refractivity contribution in [2.45, 2.75) is 39.2 Å². The zero-order chi connectivity index (χ0) is 16.2. The number of carbonyl (C=O) groups excluding carboxylic acids is 2. The molecule has 0 spiro atoms. The van der Waals surface area contributed by atoms with Crippen LogP contribution in [0.15, 0.2) is 16.8 Å². The summed E-state index contributed by atoms with van der Waals surface area (Å²) < 4.78 is 5.21. The van der Waals surface area contributed by atoms with E-state index in [0.717, 1.165) is 18.5 Å². The zero-order valence-corrected chi connectivity index (χ0v) is 14.2. The molecule has 0 radical (unpaired) electrons. The quantitative estimate of drug-likeness (QED) is 0.926. The van der Waals surface area contributed by atoms with Crippen LogP contribution in [0.25, 0.3) is 0 Å². The summed E-state index contributed by atoms with van der Waals surface area (Å²) in [6.45, 7) is 7.55. The molecule has 0 aliphatic carbocycles. The molecule has 0 bridgehead atoms. The number of hydrogen-bond acceptors (Lipinski definition) is 4. The van der Waals surface area contributed by atoms with E-state index in [-0.39, 0.29) is 5.91 Å². The number of amides is 2. The second-order valence-electron chi connectivity index (χ2n) is 6.69. The van der Waals surface area contributed by atoms with Gasteiger partial charge in [-0.15, -0.1) is 0 Å². The molecule has 1 atom stereocenters. The van der Waals surface area contributed by atoms with Crippen molar-refractivity contribution in [3.05, 3.63) is 22.4 Å². The summed E-state index contributed by atoms with van der Waals surface area (Å²) in [6, 6.07) is 1.99. The van der Waals surface area contributed by atoms with Gasteiger partial charge in [-0.1, -0.05) is 0 Å². The molecule has 0 saturated carbocycles. The maximum absolute atomic E-state index is 12.2. The van der Waals surface area contributed by atoms with E-state index in [1.807, 2.05) is 42.5 Å². The van der Waals surface area contributed by atoms with Crippen LogP contribution in [0.2, 0.25) is 0 Å². The number of nitrogens with zero attached hydrogens (tertiary/aromatic N) is 1. The molecular formula is C16H24N2O3S. The number of nitrogens with one attached hydrogen (secondary N) is 1. The van der Waals surface area contributed by atoms with Crippen molar-refractivity contribution < 1.29 is 14.3 Å². The third kappa shape index (κ3) is 5.33. The van der Waals surface area contributed by atoms with Crippen LogP contribution in [-0.4, -0.2) is 42.1 Å². The van der Waals surface area contributed by atoms with Crippen molar-refractivity contribution in [3.63, 3.8) is 0 Å². The Morgan fingerprint density at radius 2 is 2.23 bits per heavy atom. The summed E-state index contributed by atoms with van der Waals surface area (Å²) in [5.74, 6) is 0.470. The molecule has 122 valence electrons. The van der Waals surface area contributed by atoms with Gasteiger partial charge in [0.1, 0.15) is 5.60 Å². The number of carbonyl (C=O) groups is 2. The molecule has 1 aliphatic heterocycles. The molecular weight excluding hydrogens is 300 g/mol. The normalized spacial score (nSPS) is 18.3. The van der Waals surface area contributed by atoms with Crippen LogP contribution in [0, 0.1) is 5.92 Å². The SMILES string of the molecule is CC(C)(C)OC(=O)NC[C@H]1CCN(C(=O)Cc2ccsc2)C1. The fourth-order valence-electron chi connectivity index (χ4n) is 2.45. The van der Waals surface area contributed by atoms with Gasteiger partial charge in [0.25, 0.3) is 0 Å². The Labute approximate surface area is 135 Å². The van der Waals surface area contributed by atoms with Crippen molar-refractivity contribution in [2.75, 3.05) is 19.6 Å². The summed E-state index contributed by atoms with van der Waals surface area (Å²) in [4.78, 5) is 25.7. The van der Waals surface area contributed by atoms with Crippen LogP contribution >= 0.6 is 11.3 Å². The van der Waals surface area contributed by atoms with Crippen LogP contribution in [0.1, 0.15) is 32.8 Å². The second-order valence-corrected chi connectivity index (χ2v) is 7.47. The number of alkyl carbamates (subject to hydrolysis) is 1. The van der Waals surface area contributed by atoms with Crippen LogP contribution in [-0.2, 0) is 16.0 Å². The number of ether oxygens (including phenoxy) is 1. The van der Waals surface area contributed by atoms with Crippen LogP contribution in [0.3, 0.4) is 0 Å². The minimum atomic E-state index is -0.484. The summed E-state index contributed by atoms with van der Waals surface area (Å²) in [7, 11) is 0. The van der Waals surface area contributed by atoms with Gasteiger partial charge in [-0.25, -0.2) is 4.79 Å². The second kappa shape index (κ2) is 7.13. The van der Waals surface area contributed by atoms with E-state index in [4.69, 9.17) is 4.74 Å². The minimum Gasteiger partial charge on any atom is -0.444 e. The molecule has 1 saturated heterocycles. The lowest BCUT2D eigenvalue weighted by atomic mass is 10.1. The highest BCUT2D eigenvalue weighted by Crippen LogP contribution is 2.18. The molecule has 1 fully saturated rings. The summed E-state index contributed by atoms with van der Waals surface area (Å²) in [5.41, 5.74) is 0.591. The highest BCUT2D eigenvalue weighted by molar-refractivity contribution is 7.07. The number of rotatable bonds is 4. The molecule has 5 nitrogen and oxygen atoms in total. The largest absolute Gasteiger partial charge is 0.444 e. The van der Waals surface area contributed by atoms with E-state index >= 15 is 0 Å². The summed E-state index contributed by atoms with van der Waals surface area (Å²) in [6.07, 6.45) is 0.997. The Balaban J connectivity index is 1.71. The first kappa shape index (κ1) is 16.8. The molecule has 0 aromatic carbocycles. The summed E-state index contributed by atoms with van der Waals surface area (Å²) in [5, 5.41) is 6.78. The first-order valence-corrected chi connectivity index (χ1v) is 8.53. The summed E-state index contributed by atoms with van der Waals surface area (Å²) >= 11 is 1.61.